The Bertz CT molecular complexity index is 599. The summed E-state index contributed by atoms with van der Waals surface area (Å²) >= 11 is 6.13. The molecule has 1 aromatic rings. The van der Waals surface area contributed by atoms with Crippen LogP contribution >= 0.6 is 11.6 Å². The third kappa shape index (κ3) is 1.47. The Morgan fingerprint density at radius 1 is 1.10 bits per heavy atom. The fraction of sp³-hybridized carbons (Fsp3) is 0.500. The summed E-state index contributed by atoms with van der Waals surface area (Å²) < 4.78 is 0. The van der Waals surface area contributed by atoms with E-state index in [9.17, 15) is 9.59 Å². The number of carbonyl (C=O) groups excluding carboxylic acids is 2. The van der Waals surface area contributed by atoms with Crippen molar-refractivity contribution < 1.29 is 9.59 Å². The van der Waals surface area contributed by atoms with Gasteiger partial charge in [-0.1, -0.05) is 17.7 Å². The van der Waals surface area contributed by atoms with Crippen LogP contribution in [0.1, 0.15) is 24.8 Å². The molecule has 20 heavy (non-hydrogen) atoms. The number of benzene rings is 1. The van der Waals surface area contributed by atoms with E-state index in [0.29, 0.717) is 22.5 Å². The number of aryl methyl sites for hydroxylation is 1. The molecule has 104 valence electrons. The van der Waals surface area contributed by atoms with Gasteiger partial charge in [-0.2, -0.15) is 0 Å². The van der Waals surface area contributed by atoms with E-state index in [-0.39, 0.29) is 23.7 Å². The van der Waals surface area contributed by atoms with Crippen molar-refractivity contribution in [3.05, 3.63) is 28.8 Å². The fourth-order valence-electron chi connectivity index (χ4n) is 4.38. The molecule has 3 nitrogen and oxygen atoms in total. The molecule has 0 radical (unpaired) electrons. The highest BCUT2D eigenvalue weighted by Gasteiger charge is 2.61. The first-order valence-corrected chi connectivity index (χ1v) is 7.59. The summed E-state index contributed by atoms with van der Waals surface area (Å²) in [6, 6.07) is 5.41. The van der Waals surface area contributed by atoms with Gasteiger partial charge in [0.2, 0.25) is 11.8 Å². The quantitative estimate of drug-likeness (QED) is 0.745. The van der Waals surface area contributed by atoms with E-state index in [2.05, 4.69) is 0 Å². The first-order valence-electron chi connectivity index (χ1n) is 7.22. The predicted molar refractivity (Wildman–Crippen MR) is 76.5 cm³/mol. The van der Waals surface area contributed by atoms with Gasteiger partial charge in [0.05, 0.1) is 17.5 Å². The number of anilines is 1. The summed E-state index contributed by atoms with van der Waals surface area (Å²) in [6.45, 7) is 1.91. The van der Waals surface area contributed by atoms with Gasteiger partial charge in [0, 0.05) is 5.02 Å². The summed E-state index contributed by atoms with van der Waals surface area (Å²) in [7, 11) is 0. The Balaban J connectivity index is 1.74. The first kappa shape index (κ1) is 12.4. The van der Waals surface area contributed by atoms with Gasteiger partial charge in [-0.15, -0.1) is 0 Å². The Morgan fingerprint density at radius 3 is 2.25 bits per heavy atom. The molecule has 0 aromatic heterocycles. The van der Waals surface area contributed by atoms with Crippen LogP contribution in [0.5, 0.6) is 0 Å². The van der Waals surface area contributed by atoms with Crippen molar-refractivity contribution in [2.45, 2.75) is 26.2 Å². The summed E-state index contributed by atoms with van der Waals surface area (Å²) in [6.07, 6.45) is 3.27. The predicted octanol–water partition coefficient (Wildman–Crippen LogP) is 3.18. The fourth-order valence-corrected chi connectivity index (χ4v) is 4.56. The largest absolute Gasteiger partial charge is 0.274 e. The Hall–Kier alpha value is -1.35. The molecule has 0 spiro atoms. The summed E-state index contributed by atoms with van der Waals surface area (Å²) in [5, 5.41) is 0.600. The molecule has 2 aliphatic carbocycles. The molecule has 1 heterocycles. The van der Waals surface area contributed by atoms with Crippen LogP contribution in [-0.2, 0) is 9.59 Å². The van der Waals surface area contributed by atoms with Crippen LogP contribution in [0.15, 0.2) is 18.2 Å². The van der Waals surface area contributed by atoms with E-state index < -0.39 is 0 Å². The topological polar surface area (TPSA) is 37.4 Å². The molecule has 2 bridgehead atoms. The van der Waals surface area contributed by atoms with Gasteiger partial charge in [0.1, 0.15) is 0 Å². The highest BCUT2D eigenvalue weighted by molar-refractivity contribution is 6.32. The Labute approximate surface area is 122 Å². The summed E-state index contributed by atoms with van der Waals surface area (Å²) in [4.78, 5) is 26.7. The monoisotopic (exact) mass is 289 g/mol. The second kappa shape index (κ2) is 4.08. The molecule has 2 saturated carbocycles. The van der Waals surface area contributed by atoms with Crippen LogP contribution in [0.3, 0.4) is 0 Å². The third-order valence-corrected chi connectivity index (χ3v) is 5.75. The summed E-state index contributed by atoms with van der Waals surface area (Å²) in [5.74, 6) is 0.696. The number of hydrogen-bond donors (Lipinski definition) is 0. The van der Waals surface area contributed by atoms with Gasteiger partial charge in [0.25, 0.3) is 0 Å². The average Bonchev–Trinajstić information content (AvgIpc) is 3.08. The maximum atomic E-state index is 12.6. The maximum absolute atomic E-state index is 12.6. The van der Waals surface area contributed by atoms with Gasteiger partial charge in [-0.05, 0) is 55.7 Å². The minimum atomic E-state index is -0.0682. The highest BCUT2D eigenvalue weighted by Crippen LogP contribution is 2.56. The molecule has 0 N–H and O–H groups in total. The number of imide groups is 1. The van der Waals surface area contributed by atoms with E-state index in [4.69, 9.17) is 11.6 Å². The van der Waals surface area contributed by atoms with E-state index >= 15 is 0 Å². The molecular weight excluding hydrogens is 274 g/mol. The van der Waals surface area contributed by atoms with Gasteiger partial charge >= 0.3 is 0 Å². The van der Waals surface area contributed by atoms with Crippen LogP contribution in [0.4, 0.5) is 5.69 Å². The van der Waals surface area contributed by atoms with Gasteiger partial charge in [0.15, 0.2) is 0 Å². The molecule has 1 aliphatic heterocycles. The molecule has 4 heteroatoms. The number of carbonyl (C=O) groups is 2. The number of hydrogen-bond acceptors (Lipinski definition) is 2. The zero-order valence-electron chi connectivity index (χ0n) is 11.3. The molecular formula is C16H16ClNO2. The van der Waals surface area contributed by atoms with Gasteiger partial charge in [-0.3, -0.25) is 9.59 Å². The Morgan fingerprint density at radius 2 is 1.70 bits per heavy atom. The maximum Gasteiger partial charge on any atom is 0.237 e. The number of nitrogens with zero attached hydrogens (tertiary/aromatic N) is 1. The third-order valence-electron chi connectivity index (χ3n) is 5.34. The number of halogens is 1. The first-order chi connectivity index (χ1) is 9.58. The van der Waals surface area contributed by atoms with Crippen molar-refractivity contribution in [2.75, 3.05) is 4.90 Å². The molecule has 3 aliphatic rings. The zero-order chi connectivity index (χ0) is 14.0. The van der Waals surface area contributed by atoms with Crippen LogP contribution < -0.4 is 4.90 Å². The zero-order valence-corrected chi connectivity index (χ0v) is 12.1. The van der Waals surface area contributed by atoms with Crippen molar-refractivity contribution in [1.29, 1.82) is 0 Å². The number of amides is 2. The minimum absolute atomic E-state index is 0.00730. The lowest BCUT2D eigenvalue weighted by atomic mass is 9.81. The average molecular weight is 290 g/mol. The molecule has 4 atom stereocenters. The van der Waals surface area contributed by atoms with Crippen molar-refractivity contribution in [3.63, 3.8) is 0 Å². The lowest BCUT2D eigenvalue weighted by Crippen LogP contribution is -2.32. The number of rotatable bonds is 1. The normalized spacial score (nSPS) is 35.0. The van der Waals surface area contributed by atoms with Crippen LogP contribution in [0.2, 0.25) is 5.02 Å². The van der Waals surface area contributed by atoms with Gasteiger partial charge < -0.3 is 0 Å². The standard InChI is InChI=1S/C16H16ClNO2/c1-8-2-5-11(7-12(8)17)18-15(19)13-9-3-4-10(6-9)14(13)16(18)20/h2,5,7,9-10,13-14H,3-4,6H2,1H3/t9-,10-,13+,14+/m1/s1. The van der Waals surface area contributed by atoms with Crippen molar-refractivity contribution in [3.8, 4) is 0 Å². The summed E-state index contributed by atoms with van der Waals surface area (Å²) in [5.41, 5.74) is 1.58. The smallest absolute Gasteiger partial charge is 0.237 e. The molecule has 1 aromatic carbocycles. The lowest BCUT2D eigenvalue weighted by molar-refractivity contribution is -0.123. The van der Waals surface area contributed by atoms with Gasteiger partial charge in [-0.25, -0.2) is 4.90 Å². The van der Waals surface area contributed by atoms with Crippen LogP contribution in [0, 0.1) is 30.6 Å². The SMILES string of the molecule is Cc1ccc(N2C(=O)[C@H]3[C@@H]4CC[C@H](C4)[C@@H]3C2=O)cc1Cl. The second-order valence-corrected chi connectivity index (χ2v) is 6.74. The molecule has 4 rings (SSSR count). The van der Waals surface area contributed by atoms with Crippen molar-refractivity contribution >= 4 is 29.1 Å². The van der Waals surface area contributed by atoms with Crippen LogP contribution in [-0.4, -0.2) is 11.8 Å². The Kier molecular flexibility index (Phi) is 2.53. The molecule has 2 amide bonds. The second-order valence-electron chi connectivity index (χ2n) is 6.33. The molecule has 3 fully saturated rings. The molecule has 0 unspecified atom stereocenters. The van der Waals surface area contributed by atoms with Crippen molar-refractivity contribution in [2.24, 2.45) is 23.7 Å². The van der Waals surface area contributed by atoms with E-state index in [1.807, 2.05) is 19.1 Å². The van der Waals surface area contributed by atoms with E-state index in [0.717, 1.165) is 24.8 Å². The van der Waals surface area contributed by atoms with Crippen molar-refractivity contribution in [1.82, 2.24) is 0 Å². The number of fused-ring (bicyclic) bond motifs is 5. The van der Waals surface area contributed by atoms with E-state index in [1.165, 1.54) is 4.90 Å². The van der Waals surface area contributed by atoms with E-state index in [1.54, 1.807) is 6.07 Å². The lowest BCUT2D eigenvalue weighted by Gasteiger charge is -2.19. The minimum Gasteiger partial charge on any atom is -0.274 e. The molecule has 1 saturated heterocycles. The van der Waals surface area contributed by atoms with Crippen LogP contribution in [0.25, 0.3) is 0 Å². The highest BCUT2D eigenvalue weighted by atomic mass is 35.5.